The van der Waals surface area contributed by atoms with Gasteiger partial charge in [-0.2, -0.15) is 0 Å². The SMILES string of the molecule is C[C@H](CC=CC(C)(C)OO)[C@H]1CC[C@@]2(C)C3=C(CC[C@]12C)[C@@]1(C)CC[C@H](O)C(C)(C)[C@@H]1CC3. The second-order valence-electron chi connectivity index (χ2n) is 14.0. The Bertz CT molecular complexity index is 822. The highest BCUT2D eigenvalue weighted by molar-refractivity contribution is 5.38. The Balaban J connectivity index is 1.61. The topological polar surface area (TPSA) is 49.7 Å². The monoisotopic (exact) mass is 458 g/mol. The molecule has 0 heterocycles. The van der Waals surface area contributed by atoms with Gasteiger partial charge in [0, 0.05) is 0 Å². The van der Waals surface area contributed by atoms with Crippen molar-refractivity contribution in [2.75, 3.05) is 0 Å². The zero-order valence-electron chi connectivity index (χ0n) is 22.6. The van der Waals surface area contributed by atoms with E-state index in [2.05, 4.69) is 52.5 Å². The van der Waals surface area contributed by atoms with Gasteiger partial charge in [-0.05, 0) is 111 Å². The molecule has 0 spiro atoms. The van der Waals surface area contributed by atoms with Gasteiger partial charge in [-0.25, -0.2) is 4.89 Å². The number of rotatable bonds is 5. The Morgan fingerprint density at radius 2 is 1.70 bits per heavy atom. The molecule has 0 aliphatic heterocycles. The van der Waals surface area contributed by atoms with E-state index in [1.165, 1.54) is 38.5 Å². The van der Waals surface area contributed by atoms with Crippen molar-refractivity contribution in [3.63, 3.8) is 0 Å². The van der Waals surface area contributed by atoms with Crippen molar-refractivity contribution in [3.05, 3.63) is 23.3 Å². The average Bonchev–Trinajstić information content (AvgIpc) is 3.02. The third-order valence-corrected chi connectivity index (χ3v) is 11.7. The summed E-state index contributed by atoms with van der Waals surface area (Å²) < 4.78 is 0. The molecule has 2 fully saturated rings. The van der Waals surface area contributed by atoms with Crippen LogP contribution in [0, 0.1) is 39.4 Å². The molecule has 0 unspecified atom stereocenters. The highest BCUT2D eigenvalue weighted by atomic mass is 17.1. The molecule has 0 radical (unpaired) electrons. The molecule has 3 heteroatoms. The standard InChI is InChI=1S/C30H50O3/c1-20(10-9-16-26(2,3)33-32)21-13-18-30(8)23-11-12-24-27(4,5)25(31)15-17-28(24,6)22(23)14-19-29(21,30)7/h9,16,20-21,24-25,31-32H,10-15,17-19H2,1-8H3/t20-,21-,24+,25+,28-,29-,30+/m1/s1. The van der Waals surface area contributed by atoms with Crippen molar-refractivity contribution >= 4 is 0 Å². The normalized spacial score (nSPS) is 43.9. The average molecular weight is 459 g/mol. The lowest BCUT2D eigenvalue weighted by atomic mass is 9.43. The maximum absolute atomic E-state index is 10.8. The summed E-state index contributed by atoms with van der Waals surface area (Å²) in [6.45, 7) is 18.6. The smallest absolute Gasteiger partial charge is 0.116 e. The van der Waals surface area contributed by atoms with Gasteiger partial charge >= 0.3 is 0 Å². The number of hydrogen-bond donors (Lipinski definition) is 2. The van der Waals surface area contributed by atoms with Crippen molar-refractivity contribution in [2.24, 2.45) is 39.4 Å². The predicted molar refractivity (Wildman–Crippen MR) is 136 cm³/mol. The van der Waals surface area contributed by atoms with E-state index in [0.717, 1.165) is 25.2 Å². The van der Waals surface area contributed by atoms with Crippen LogP contribution in [0.2, 0.25) is 0 Å². The van der Waals surface area contributed by atoms with Crippen molar-refractivity contribution in [3.8, 4) is 0 Å². The lowest BCUT2D eigenvalue weighted by Crippen LogP contribution is -2.55. The summed E-state index contributed by atoms with van der Waals surface area (Å²) in [7, 11) is 0. The molecule has 0 aromatic heterocycles. The van der Waals surface area contributed by atoms with Gasteiger partial charge in [0.15, 0.2) is 0 Å². The first kappa shape index (κ1) is 25.5. The van der Waals surface area contributed by atoms with Gasteiger partial charge in [-0.1, -0.05) is 64.8 Å². The van der Waals surface area contributed by atoms with E-state index < -0.39 is 5.60 Å². The van der Waals surface area contributed by atoms with Crippen molar-refractivity contribution < 1.29 is 15.3 Å². The molecule has 188 valence electrons. The summed E-state index contributed by atoms with van der Waals surface area (Å²) in [5.74, 6) is 1.95. The Morgan fingerprint density at radius 3 is 2.36 bits per heavy atom. The van der Waals surface area contributed by atoms with E-state index >= 15 is 0 Å². The first-order valence-corrected chi connectivity index (χ1v) is 13.6. The van der Waals surface area contributed by atoms with Gasteiger partial charge in [0.05, 0.1) is 6.10 Å². The molecule has 2 N–H and O–H groups in total. The maximum atomic E-state index is 10.8. The second-order valence-corrected chi connectivity index (χ2v) is 14.0. The van der Waals surface area contributed by atoms with Crippen LogP contribution in [0.3, 0.4) is 0 Å². The van der Waals surface area contributed by atoms with Crippen LogP contribution in [-0.4, -0.2) is 22.1 Å². The van der Waals surface area contributed by atoms with Crippen LogP contribution in [0.4, 0.5) is 0 Å². The third kappa shape index (κ3) is 3.71. The molecule has 2 saturated carbocycles. The first-order valence-electron chi connectivity index (χ1n) is 13.6. The molecule has 0 bridgehead atoms. The van der Waals surface area contributed by atoms with Crippen LogP contribution in [0.15, 0.2) is 23.3 Å². The summed E-state index contributed by atoms with van der Waals surface area (Å²) in [6.07, 6.45) is 14.9. The van der Waals surface area contributed by atoms with Crippen molar-refractivity contribution in [1.82, 2.24) is 0 Å². The predicted octanol–water partition coefficient (Wildman–Crippen LogP) is 7.95. The van der Waals surface area contributed by atoms with E-state index in [1.807, 2.05) is 25.5 Å². The molecule has 0 aromatic rings. The van der Waals surface area contributed by atoms with Gasteiger partial charge < -0.3 is 5.11 Å². The van der Waals surface area contributed by atoms with Crippen molar-refractivity contribution in [1.29, 1.82) is 0 Å². The molecular weight excluding hydrogens is 408 g/mol. The van der Waals surface area contributed by atoms with Crippen LogP contribution in [0.5, 0.6) is 0 Å². The summed E-state index contributed by atoms with van der Waals surface area (Å²) >= 11 is 0. The van der Waals surface area contributed by atoms with Gasteiger partial charge in [-0.3, -0.25) is 5.26 Å². The number of allylic oxidation sites excluding steroid dienone is 3. The van der Waals surface area contributed by atoms with Crippen LogP contribution >= 0.6 is 0 Å². The Hall–Kier alpha value is -0.640. The third-order valence-electron chi connectivity index (χ3n) is 11.7. The maximum Gasteiger partial charge on any atom is 0.116 e. The van der Waals surface area contributed by atoms with Gasteiger partial charge in [0.25, 0.3) is 0 Å². The number of aliphatic hydroxyl groups excluding tert-OH is 1. The van der Waals surface area contributed by atoms with Gasteiger partial charge in [0.1, 0.15) is 5.60 Å². The summed E-state index contributed by atoms with van der Waals surface area (Å²) in [4.78, 5) is 4.59. The fourth-order valence-electron chi connectivity index (χ4n) is 9.39. The van der Waals surface area contributed by atoms with Crippen LogP contribution < -0.4 is 0 Å². The number of hydrogen-bond acceptors (Lipinski definition) is 3. The molecular formula is C30H50O3. The number of aliphatic hydroxyl groups is 1. The van der Waals surface area contributed by atoms with E-state index in [4.69, 9.17) is 5.26 Å². The molecule has 33 heavy (non-hydrogen) atoms. The Morgan fingerprint density at radius 1 is 1.00 bits per heavy atom. The highest BCUT2D eigenvalue weighted by Crippen LogP contribution is 2.72. The Kier molecular flexibility index (Phi) is 6.33. The highest BCUT2D eigenvalue weighted by Gasteiger charge is 2.63. The lowest BCUT2D eigenvalue weighted by molar-refractivity contribution is -0.297. The lowest BCUT2D eigenvalue weighted by Gasteiger charge is -2.62. The van der Waals surface area contributed by atoms with Gasteiger partial charge in [-0.15, -0.1) is 0 Å². The second kappa shape index (κ2) is 8.20. The Labute approximate surface area is 203 Å². The fraction of sp³-hybridized carbons (Fsp3) is 0.867. The van der Waals surface area contributed by atoms with E-state index in [1.54, 1.807) is 5.57 Å². The minimum atomic E-state index is -0.617. The largest absolute Gasteiger partial charge is 0.393 e. The number of fused-ring (bicyclic) bond motifs is 4. The molecule has 0 aromatic carbocycles. The molecule has 0 saturated heterocycles. The van der Waals surface area contributed by atoms with Crippen molar-refractivity contribution in [2.45, 2.75) is 125 Å². The zero-order valence-corrected chi connectivity index (χ0v) is 22.6. The summed E-state index contributed by atoms with van der Waals surface area (Å²) in [6, 6.07) is 0. The van der Waals surface area contributed by atoms with E-state index in [-0.39, 0.29) is 16.9 Å². The zero-order chi connectivity index (χ0) is 24.4. The fourth-order valence-corrected chi connectivity index (χ4v) is 9.39. The van der Waals surface area contributed by atoms with Crippen LogP contribution in [0.25, 0.3) is 0 Å². The molecule has 7 atom stereocenters. The molecule has 4 rings (SSSR count). The summed E-state index contributed by atoms with van der Waals surface area (Å²) in [5, 5.41) is 19.9. The summed E-state index contributed by atoms with van der Waals surface area (Å²) in [5.41, 5.74) is 3.95. The molecule has 0 amide bonds. The van der Waals surface area contributed by atoms with E-state index in [9.17, 15) is 5.11 Å². The molecule has 4 aliphatic rings. The van der Waals surface area contributed by atoms with E-state index in [0.29, 0.717) is 22.7 Å². The first-order chi connectivity index (χ1) is 15.2. The van der Waals surface area contributed by atoms with Crippen LogP contribution in [0.1, 0.15) is 113 Å². The van der Waals surface area contributed by atoms with Crippen LogP contribution in [-0.2, 0) is 4.89 Å². The minimum Gasteiger partial charge on any atom is -0.393 e. The van der Waals surface area contributed by atoms with Gasteiger partial charge in [0.2, 0.25) is 0 Å². The molecule has 3 nitrogen and oxygen atoms in total. The molecule has 4 aliphatic carbocycles. The minimum absolute atomic E-state index is 0.0122. The quantitative estimate of drug-likeness (QED) is 0.250.